The first-order chi connectivity index (χ1) is 8.42. The van der Waals surface area contributed by atoms with E-state index in [4.69, 9.17) is 5.26 Å². The number of benzene rings is 1. The highest BCUT2D eigenvalue weighted by molar-refractivity contribution is 8.00. The molecule has 1 aromatic rings. The first-order valence-corrected chi connectivity index (χ1v) is 5.90. The Labute approximate surface area is 106 Å². The van der Waals surface area contributed by atoms with Crippen LogP contribution in [0.1, 0.15) is 15.9 Å². The van der Waals surface area contributed by atoms with Gasteiger partial charge in [0, 0.05) is 17.9 Å². The molecule has 0 fully saturated rings. The van der Waals surface area contributed by atoms with Gasteiger partial charge < -0.3 is 5.32 Å². The van der Waals surface area contributed by atoms with E-state index in [1.54, 1.807) is 0 Å². The number of nitriles is 1. The van der Waals surface area contributed by atoms with Gasteiger partial charge in [0.05, 0.1) is 11.6 Å². The van der Waals surface area contributed by atoms with Crippen LogP contribution in [0.4, 0.5) is 13.2 Å². The first-order valence-electron chi connectivity index (χ1n) is 4.91. The summed E-state index contributed by atoms with van der Waals surface area (Å²) in [5.41, 5.74) is -3.55. The van der Waals surface area contributed by atoms with E-state index in [-0.39, 0.29) is 24.1 Å². The number of amides is 1. The lowest BCUT2D eigenvalue weighted by molar-refractivity contribution is -0.0327. The Morgan fingerprint density at radius 3 is 2.44 bits per heavy atom. The van der Waals surface area contributed by atoms with Crippen LogP contribution in [-0.4, -0.2) is 23.7 Å². The maximum Gasteiger partial charge on any atom is 0.441 e. The molecule has 0 bridgehead atoms. The number of alkyl halides is 3. The Morgan fingerprint density at radius 2 is 1.94 bits per heavy atom. The molecule has 7 heteroatoms. The number of halogens is 3. The van der Waals surface area contributed by atoms with Gasteiger partial charge in [-0.1, -0.05) is 0 Å². The Balaban J connectivity index is 2.39. The van der Waals surface area contributed by atoms with Crippen LogP contribution in [0.25, 0.3) is 0 Å². The Bertz CT molecular complexity index is 451. The van der Waals surface area contributed by atoms with Crippen molar-refractivity contribution in [2.75, 3.05) is 12.3 Å². The minimum Gasteiger partial charge on any atom is -0.351 e. The zero-order valence-electron chi connectivity index (χ0n) is 9.12. The van der Waals surface area contributed by atoms with Crippen LogP contribution in [0.3, 0.4) is 0 Å². The summed E-state index contributed by atoms with van der Waals surface area (Å²) in [6, 6.07) is 7.74. The SMILES string of the molecule is N#Cc1ccc(C(=O)NCCSC(F)(F)F)cc1. The normalized spacial score (nSPS) is 10.8. The van der Waals surface area contributed by atoms with Crippen molar-refractivity contribution in [1.82, 2.24) is 5.32 Å². The van der Waals surface area contributed by atoms with E-state index < -0.39 is 11.4 Å². The van der Waals surface area contributed by atoms with Gasteiger partial charge in [-0.05, 0) is 36.0 Å². The molecule has 0 aliphatic rings. The monoisotopic (exact) mass is 274 g/mol. The average Bonchev–Trinajstić information content (AvgIpc) is 2.33. The summed E-state index contributed by atoms with van der Waals surface area (Å²) < 4.78 is 35.4. The van der Waals surface area contributed by atoms with Crippen molar-refractivity contribution in [2.45, 2.75) is 5.51 Å². The van der Waals surface area contributed by atoms with Crippen LogP contribution < -0.4 is 5.32 Å². The highest BCUT2D eigenvalue weighted by Crippen LogP contribution is 2.29. The number of hydrogen-bond donors (Lipinski definition) is 1. The van der Waals surface area contributed by atoms with E-state index in [2.05, 4.69) is 5.32 Å². The summed E-state index contributed by atoms with van der Waals surface area (Å²) >= 11 is -0.181. The van der Waals surface area contributed by atoms with E-state index >= 15 is 0 Å². The van der Waals surface area contributed by atoms with E-state index in [9.17, 15) is 18.0 Å². The third-order valence-corrected chi connectivity index (χ3v) is 2.67. The summed E-state index contributed by atoms with van der Waals surface area (Å²) in [5, 5.41) is 10.9. The van der Waals surface area contributed by atoms with E-state index in [0.717, 1.165) is 0 Å². The van der Waals surface area contributed by atoms with Crippen molar-refractivity contribution in [2.24, 2.45) is 0 Å². The number of thioether (sulfide) groups is 1. The van der Waals surface area contributed by atoms with Crippen molar-refractivity contribution < 1.29 is 18.0 Å². The van der Waals surface area contributed by atoms with Gasteiger partial charge in [0.25, 0.3) is 5.91 Å². The van der Waals surface area contributed by atoms with Crippen molar-refractivity contribution in [3.8, 4) is 6.07 Å². The second kappa shape index (κ2) is 6.31. The molecule has 3 nitrogen and oxygen atoms in total. The number of rotatable bonds is 4. The van der Waals surface area contributed by atoms with Crippen molar-refractivity contribution >= 4 is 17.7 Å². The number of carbonyl (C=O) groups excluding carboxylic acids is 1. The molecule has 1 N–H and O–H groups in total. The van der Waals surface area contributed by atoms with Crippen molar-refractivity contribution in [1.29, 1.82) is 5.26 Å². The molecule has 0 aliphatic heterocycles. The van der Waals surface area contributed by atoms with Gasteiger partial charge in [0.1, 0.15) is 0 Å². The molecular weight excluding hydrogens is 265 g/mol. The second-order valence-corrected chi connectivity index (χ2v) is 4.40. The van der Waals surface area contributed by atoms with Crippen molar-refractivity contribution in [3.63, 3.8) is 0 Å². The number of nitrogens with zero attached hydrogens (tertiary/aromatic N) is 1. The lowest BCUT2D eigenvalue weighted by Crippen LogP contribution is -2.26. The standard InChI is InChI=1S/C11H9F3N2OS/c12-11(13,14)18-6-5-16-10(17)9-3-1-8(7-15)2-4-9/h1-4H,5-6H2,(H,16,17). The van der Waals surface area contributed by atoms with Gasteiger partial charge in [0.2, 0.25) is 0 Å². The van der Waals surface area contributed by atoms with Crippen LogP contribution >= 0.6 is 11.8 Å². The smallest absolute Gasteiger partial charge is 0.351 e. The van der Waals surface area contributed by atoms with E-state index in [1.165, 1.54) is 24.3 Å². The largest absolute Gasteiger partial charge is 0.441 e. The van der Waals surface area contributed by atoms with Crippen molar-refractivity contribution in [3.05, 3.63) is 35.4 Å². The van der Waals surface area contributed by atoms with Crippen LogP contribution in [0.2, 0.25) is 0 Å². The third kappa shape index (κ3) is 5.10. The van der Waals surface area contributed by atoms with Gasteiger partial charge in [0.15, 0.2) is 0 Å². The zero-order chi connectivity index (χ0) is 13.6. The van der Waals surface area contributed by atoms with Crippen LogP contribution in [0.15, 0.2) is 24.3 Å². The summed E-state index contributed by atoms with van der Waals surface area (Å²) in [4.78, 5) is 11.5. The average molecular weight is 274 g/mol. The van der Waals surface area contributed by atoms with Crippen LogP contribution in [0, 0.1) is 11.3 Å². The third-order valence-electron chi connectivity index (χ3n) is 1.93. The summed E-state index contributed by atoms with van der Waals surface area (Å²) in [5.74, 6) is -0.687. The predicted molar refractivity (Wildman–Crippen MR) is 62.0 cm³/mol. The summed E-state index contributed by atoms with van der Waals surface area (Å²) in [6.45, 7) is -0.0665. The minimum absolute atomic E-state index is 0.0665. The molecule has 18 heavy (non-hydrogen) atoms. The zero-order valence-corrected chi connectivity index (χ0v) is 9.94. The minimum atomic E-state index is -4.28. The molecule has 0 unspecified atom stereocenters. The summed E-state index contributed by atoms with van der Waals surface area (Å²) in [6.07, 6.45) is 0. The molecule has 1 rings (SSSR count). The quantitative estimate of drug-likeness (QED) is 0.858. The highest BCUT2D eigenvalue weighted by Gasteiger charge is 2.27. The fourth-order valence-corrected chi connectivity index (χ4v) is 1.57. The molecule has 0 saturated heterocycles. The molecule has 0 radical (unpaired) electrons. The number of nitrogens with one attached hydrogen (secondary N) is 1. The lowest BCUT2D eigenvalue weighted by atomic mass is 10.1. The fourth-order valence-electron chi connectivity index (χ4n) is 1.13. The summed E-state index contributed by atoms with van der Waals surface area (Å²) in [7, 11) is 0. The molecule has 0 heterocycles. The van der Waals surface area contributed by atoms with Gasteiger partial charge in [-0.15, -0.1) is 0 Å². The molecular formula is C11H9F3N2OS. The lowest BCUT2D eigenvalue weighted by Gasteiger charge is -2.07. The Hall–Kier alpha value is -1.68. The molecule has 0 aromatic heterocycles. The molecule has 0 aliphatic carbocycles. The predicted octanol–water partition coefficient (Wildman–Crippen LogP) is 2.54. The molecule has 0 saturated carbocycles. The Morgan fingerprint density at radius 1 is 1.33 bits per heavy atom. The first kappa shape index (κ1) is 14.4. The van der Waals surface area contributed by atoms with Crippen LogP contribution in [0.5, 0.6) is 0 Å². The van der Waals surface area contributed by atoms with Gasteiger partial charge in [-0.3, -0.25) is 4.79 Å². The number of hydrogen-bond acceptors (Lipinski definition) is 3. The maximum absolute atomic E-state index is 11.8. The van der Waals surface area contributed by atoms with E-state index in [0.29, 0.717) is 11.1 Å². The topological polar surface area (TPSA) is 52.9 Å². The highest BCUT2D eigenvalue weighted by atomic mass is 32.2. The molecule has 0 atom stereocenters. The van der Waals surface area contributed by atoms with Gasteiger partial charge >= 0.3 is 5.51 Å². The number of carbonyl (C=O) groups is 1. The molecule has 1 amide bonds. The Kier molecular flexibility index (Phi) is 5.04. The van der Waals surface area contributed by atoms with Gasteiger partial charge in [-0.25, -0.2) is 0 Å². The second-order valence-electron chi connectivity index (χ2n) is 3.24. The molecule has 0 spiro atoms. The van der Waals surface area contributed by atoms with Gasteiger partial charge in [-0.2, -0.15) is 18.4 Å². The molecule has 96 valence electrons. The molecule has 1 aromatic carbocycles. The van der Waals surface area contributed by atoms with Crippen LogP contribution in [-0.2, 0) is 0 Å². The fraction of sp³-hybridized carbons (Fsp3) is 0.273. The maximum atomic E-state index is 11.8. The van der Waals surface area contributed by atoms with E-state index in [1.807, 2.05) is 6.07 Å².